The summed E-state index contributed by atoms with van der Waals surface area (Å²) >= 11 is 3.53. The molecule has 3 rings (SSSR count). The Hall–Kier alpha value is -2.79. The second-order valence-corrected chi connectivity index (χ2v) is 7.49. The molecule has 144 valence electrons. The van der Waals surface area contributed by atoms with Crippen molar-refractivity contribution in [2.45, 2.75) is 20.4 Å². The monoisotopic (exact) mass is 438 g/mol. The number of amides is 1. The molecule has 28 heavy (non-hydrogen) atoms. The molecule has 0 aliphatic heterocycles. The van der Waals surface area contributed by atoms with E-state index < -0.39 is 0 Å². The van der Waals surface area contributed by atoms with Crippen molar-refractivity contribution < 1.29 is 9.53 Å². The fourth-order valence-electron chi connectivity index (χ4n) is 2.69. The van der Waals surface area contributed by atoms with Gasteiger partial charge in [0, 0.05) is 17.9 Å². The number of nitrogens with one attached hydrogen (secondary N) is 2. The largest absolute Gasteiger partial charge is 0.483 e. The number of hydrogen-bond donors (Lipinski definition) is 2. The Morgan fingerprint density at radius 3 is 2.46 bits per heavy atom. The number of anilines is 2. The normalized spacial score (nSPS) is 10.4. The molecule has 0 saturated heterocycles. The van der Waals surface area contributed by atoms with Gasteiger partial charge in [-0.1, -0.05) is 42.0 Å². The van der Waals surface area contributed by atoms with Crippen molar-refractivity contribution in [2.24, 2.45) is 0 Å². The summed E-state index contributed by atoms with van der Waals surface area (Å²) in [6, 6.07) is 21.8. The first-order valence-electron chi connectivity index (χ1n) is 9.08. The maximum absolute atomic E-state index is 12.1. The highest BCUT2D eigenvalue weighted by Crippen LogP contribution is 2.26. The summed E-state index contributed by atoms with van der Waals surface area (Å²) in [7, 11) is 0. The lowest BCUT2D eigenvalue weighted by Gasteiger charge is -2.12. The lowest BCUT2D eigenvalue weighted by molar-refractivity contribution is -0.118. The summed E-state index contributed by atoms with van der Waals surface area (Å²) in [6.45, 7) is 4.68. The van der Waals surface area contributed by atoms with Gasteiger partial charge in [0.15, 0.2) is 6.61 Å². The van der Waals surface area contributed by atoms with Gasteiger partial charge in [-0.15, -0.1) is 0 Å². The highest BCUT2D eigenvalue weighted by atomic mass is 79.9. The topological polar surface area (TPSA) is 50.4 Å². The van der Waals surface area contributed by atoms with Gasteiger partial charge in [0.25, 0.3) is 5.91 Å². The van der Waals surface area contributed by atoms with E-state index in [0.717, 1.165) is 27.0 Å². The molecule has 0 radical (unpaired) electrons. The Kier molecular flexibility index (Phi) is 6.71. The number of para-hydroxylation sites is 1. The van der Waals surface area contributed by atoms with E-state index in [9.17, 15) is 4.79 Å². The highest BCUT2D eigenvalue weighted by Gasteiger charge is 2.08. The van der Waals surface area contributed by atoms with Crippen LogP contribution in [0, 0.1) is 13.8 Å². The van der Waals surface area contributed by atoms with E-state index in [2.05, 4.69) is 57.8 Å². The van der Waals surface area contributed by atoms with Crippen LogP contribution in [-0.2, 0) is 11.3 Å². The first kappa shape index (κ1) is 20.0. The minimum Gasteiger partial charge on any atom is -0.483 e. The van der Waals surface area contributed by atoms with E-state index in [0.29, 0.717) is 12.3 Å². The van der Waals surface area contributed by atoms with Crippen LogP contribution in [0.25, 0.3) is 0 Å². The van der Waals surface area contributed by atoms with Gasteiger partial charge in [-0.25, -0.2) is 0 Å². The lowest BCUT2D eigenvalue weighted by atomic mass is 10.2. The smallest absolute Gasteiger partial charge is 0.262 e. The molecule has 4 nitrogen and oxygen atoms in total. The zero-order valence-corrected chi connectivity index (χ0v) is 17.5. The van der Waals surface area contributed by atoms with Crippen molar-refractivity contribution in [3.8, 4) is 5.75 Å². The van der Waals surface area contributed by atoms with Crippen LogP contribution in [0.2, 0.25) is 0 Å². The van der Waals surface area contributed by atoms with Gasteiger partial charge in [-0.05, 0) is 71.2 Å². The number of aryl methyl sites for hydroxylation is 2. The van der Waals surface area contributed by atoms with Crippen molar-refractivity contribution in [1.29, 1.82) is 0 Å². The molecular weight excluding hydrogens is 416 g/mol. The van der Waals surface area contributed by atoms with Crippen LogP contribution < -0.4 is 15.4 Å². The quantitative estimate of drug-likeness (QED) is 0.497. The Labute approximate surface area is 174 Å². The first-order valence-corrected chi connectivity index (χ1v) is 9.88. The maximum atomic E-state index is 12.1. The van der Waals surface area contributed by atoms with Crippen LogP contribution in [0.15, 0.2) is 71.2 Å². The van der Waals surface area contributed by atoms with Crippen LogP contribution in [0.3, 0.4) is 0 Å². The fourth-order valence-corrected chi connectivity index (χ4v) is 3.23. The zero-order chi connectivity index (χ0) is 19.9. The van der Waals surface area contributed by atoms with Gasteiger partial charge in [-0.2, -0.15) is 0 Å². The zero-order valence-electron chi connectivity index (χ0n) is 16.0. The predicted molar refractivity (Wildman–Crippen MR) is 118 cm³/mol. The number of halogens is 1. The van der Waals surface area contributed by atoms with Crippen molar-refractivity contribution >= 4 is 33.2 Å². The molecule has 3 aromatic rings. The first-order chi connectivity index (χ1) is 13.5. The van der Waals surface area contributed by atoms with Gasteiger partial charge in [0.2, 0.25) is 0 Å². The summed E-state index contributed by atoms with van der Waals surface area (Å²) in [5.74, 6) is 0.449. The molecule has 0 unspecified atom stereocenters. The average Bonchev–Trinajstić information content (AvgIpc) is 2.68. The number of rotatable bonds is 7. The fraction of sp³-hybridized carbons (Fsp3) is 0.174. The van der Waals surface area contributed by atoms with Gasteiger partial charge in [0.05, 0.1) is 4.47 Å². The molecule has 0 fully saturated rings. The lowest BCUT2D eigenvalue weighted by Crippen LogP contribution is -2.20. The number of carbonyl (C=O) groups excluding carboxylic acids is 1. The number of ether oxygens (including phenoxy) is 1. The average molecular weight is 439 g/mol. The van der Waals surface area contributed by atoms with Crippen LogP contribution >= 0.6 is 15.9 Å². The second kappa shape index (κ2) is 9.42. The van der Waals surface area contributed by atoms with Crippen molar-refractivity contribution in [1.82, 2.24) is 0 Å². The number of hydrogen-bond acceptors (Lipinski definition) is 3. The Balaban J connectivity index is 1.53. The molecule has 0 atom stereocenters. The van der Waals surface area contributed by atoms with E-state index in [1.54, 1.807) is 0 Å². The minimum atomic E-state index is -0.189. The maximum Gasteiger partial charge on any atom is 0.262 e. The van der Waals surface area contributed by atoms with Crippen molar-refractivity contribution in [3.05, 3.63) is 87.9 Å². The Morgan fingerprint density at radius 1 is 1.00 bits per heavy atom. The van der Waals surface area contributed by atoms with Gasteiger partial charge >= 0.3 is 0 Å². The molecule has 0 bridgehead atoms. The molecule has 0 saturated carbocycles. The number of benzene rings is 3. The van der Waals surface area contributed by atoms with Gasteiger partial charge in [0.1, 0.15) is 5.75 Å². The highest BCUT2D eigenvalue weighted by molar-refractivity contribution is 9.10. The van der Waals surface area contributed by atoms with Crippen LogP contribution in [0.4, 0.5) is 11.4 Å². The molecule has 0 aromatic heterocycles. The van der Waals surface area contributed by atoms with E-state index >= 15 is 0 Å². The summed E-state index contributed by atoms with van der Waals surface area (Å²) < 4.78 is 6.48. The van der Waals surface area contributed by atoms with E-state index in [4.69, 9.17) is 4.74 Å². The molecule has 5 heteroatoms. The standard InChI is InChI=1S/C23H23BrN2O2/c1-16-7-10-19(11-8-16)25-14-18-9-12-22(20(24)13-18)28-15-23(27)26-21-6-4-3-5-17(21)2/h3-13,25H,14-15H2,1-2H3,(H,26,27). The molecule has 0 heterocycles. The van der Waals surface area contributed by atoms with E-state index in [-0.39, 0.29) is 12.5 Å². The molecule has 0 aliphatic carbocycles. The second-order valence-electron chi connectivity index (χ2n) is 6.64. The van der Waals surface area contributed by atoms with Crippen LogP contribution in [0.1, 0.15) is 16.7 Å². The molecule has 3 aromatic carbocycles. The predicted octanol–water partition coefficient (Wildman–Crippen LogP) is 5.70. The molecule has 0 spiro atoms. The third-order valence-electron chi connectivity index (χ3n) is 4.32. The van der Waals surface area contributed by atoms with E-state index in [1.807, 2.05) is 49.4 Å². The molecule has 1 amide bonds. The van der Waals surface area contributed by atoms with Crippen molar-refractivity contribution in [2.75, 3.05) is 17.2 Å². The molecule has 2 N–H and O–H groups in total. The third-order valence-corrected chi connectivity index (χ3v) is 4.94. The Bertz CT molecular complexity index is 955. The molecular formula is C23H23BrN2O2. The van der Waals surface area contributed by atoms with E-state index in [1.165, 1.54) is 5.56 Å². The van der Waals surface area contributed by atoms with Crippen LogP contribution in [-0.4, -0.2) is 12.5 Å². The Morgan fingerprint density at radius 2 is 1.75 bits per heavy atom. The number of carbonyl (C=O) groups is 1. The third kappa shape index (κ3) is 5.60. The SMILES string of the molecule is Cc1ccc(NCc2ccc(OCC(=O)Nc3ccccc3C)c(Br)c2)cc1. The van der Waals surface area contributed by atoms with Gasteiger partial charge < -0.3 is 15.4 Å². The van der Waals surface area contributed by atoms with Gasteiger partial charge in [-0.3, -0.25) is 4.79 Å². The van der Waals surface area contributed by atoms with Crippen LogP contribution in [0.5, 0.6) is 5.75 Å². The minimum absolute atomic E-state index is 0.0477. The molecule has 0 aliphatic rings. The summed E-state index contributed by atoms with van der Waals surface area (Å²) in [5, 5.41) is 6.26. The van der Waals surface area contributed by atoms with Crippen molar-refractivity contribution in [3.63, 3.8) is 0 Å². The summed E-state index contributed by atoms with van der Waals surface area (Å²) in [4.78, 5) is 12.1. The summed E-state index contributed by atoms with van der Waals surface area (Å²) in [6.07, 6.45) is 0. The summed E-state index contributed by atoms with van der Waals surface area (Å²) in [5.41, 5.74) is 5.25.